The summed E-state index contributed by atoms with van der Waals surface area (Å²) in [4.78, 5) is 32.8. The van der Waals surface area contributed by atoms with Crippen molar-refractivity contribution in [3.63, 3.8) is 0 Å². The van der Waals surface area contributed by atoms with Crippen molar-refractivity contribution in [1.82, 2.24) is 19.0 Å². The SMILES string of the molecule is CC(C)[C@H]1C(=O)N(S(C)(=O)=O)[C@H]2CCN(C(=O)c3ccc(CN4CCN(C)CC4)cc3)[C@H]12.Cl. The molecule has 3 atom stereocenters. The first-order valence-electron chi connectivity index (χ1n) is 11.4. The monoisotopic (exact) mass is 498 g/mol. The van der Waals surface area contributed by atoms with Gasteiger partial charge in [0.25, 0.3) is 5.91 Å². The van der Waals surface area contributed by atoms with Gasteiger partial charge in [0.05, 0.1) is 24.3 Å². The number of sulfonamides is 1. The molecule has 1 aromatic rings. The molecule has 0 radical (unpaired) electrons. The van der Waals surface area contributed by atoms with Gasteiger partial charge in [-0.05, 0) is 37.1 Å². The van der Waals surface area contributed by atoms with Crippen molar-refractivity contribution >= 4 is 34.2 Å². The number of piperazine rings is 1. The smallest absolute Gasteiger partial charge is 0.254 e. The number of benzene rings is 1. The van der Waals surface area contributed by atoms with Gasteiger partial charge in [-0.15, -0.1) is 12.4 Å². The standard InChI is InChI=1S/C23H34N4O4S.ClH/c1-16(2)20-21-19(27(23(20)29)32(4,30)31)9-10-26(21)22(28)18-7-5-17(6-8-18)15-25-13-11-24(3)12-14-25;/h5-8,16,19-21H,9-15H2,1-4H3;1H/t19-,20+,21-;/m0./s1. The minimum Gasteiger partial charge on any atom is -0.333 e. The first kappa shape index (κ1) is 25.9. The summed E-state index contributed by atoms with van der Waals surface area (Å²) in [5.41, 5.74) is 1.75. The number of likely N-dealkylation sites (tertiary alicyclic amines) is 1. The van der Waals surface area contributed by atoms with Crippen LogP contribution >= 0.6 is 12.4 Å². The number of carbonyl (C=O) groups excluding carboxylic acids is 2. The number of fused-ring (bicyclic) bond motifs is 1. The highest BCUT2D eigenvalue weighted by molar-refractivity contribution is 7.88. The van der Waals surface area contributed by atoms with E-state index in [1.54, 1.807) is 4.90 Å². The zero-order chi connectivity index (χ0) is 23.2. The molecule has 184 valence electrons. The van der Waals surface area contributed by atoms with E-state index in [1.807, 2.05) is 38.1 Å². The first-order chi connectivity index (χ1) is 15.1. The lowest BCUT2D eigenvalue weighted by Gasteiger charge is -2.32. The Labute approximate surface area is 203 Å². The quantitative estimate of drug-likeness (QED) is 0.612. The number of rotatable bonds is 5. The zero-order valence-electron chi connectivity index (χ0n) is 19.8. The molecule has 0 unspecified atom stereocenters. The average molecular weight is 499 g/mol. The molecule has 8 nitrogen and oxygen atoms in total. The lowest BCUT2D eigenvalue weighted by molar-refractivity contribution is -0.129. The normalized spacial score (nSPS) is 26.6. The Morgan fingerprint density at radius 2 is 1.67 bits per heavy atom. The Balaban J connectivity index is 0.00000306. The van der Waals surface area contributed by atoms with E-state index in [0.717, 1.165) is 43.3 Å². The van der Waals surface area contributed by atoms with Crippen LogP contribution in [0.2, 0.25) is 0 Å². The maximum absolute atomic E-state index is 13.4. The lowest BCUT2D eigenvalue weighted by Crippen LogP contribution is -2.44. The van der Waals surface area contributed by atoms with Crippen molar-refractivity contribution in [2.24, 2.45) is 11.8 Å². The van der Waals surface area contributed by atoms with E-state index in [1.165, 1.54) is 5.56 Å². The lowest BCUT2D eigenvalue weighted by atomic mass is 9.88. The Hall–Kier alpha value is -1.68. The number of halogens is 1. The van der Waals surface area contributed by atoms with Gasteiger partial charge in [-0.2, -0.15) is 0 Å². The van der Waals surface area contributed by atoms with Crippen LogP contribution in [0.25, 0.3) is 0 Å². The van der Waals surface area contributed by atoms with Gasteiger partial charge in [-0.1, -0.05) is 26.0 Å². The predicted octanol–water partition coefficient (Wildman–Crippen LogP) is 1.51. The van der Waals surface area contributed by atoms with Gasteiger partial charge < -0.3 is 9.80 Å². The molecule has 4 rings (SSSR count). The second-order valence-electron chi connectivity index (χ2n) is 9.79. The molecule has 3 fully saturated rings. The molecule has 1 aromatic carbocycles. The molecule has 2 amide bonds. The summed E-state index contributed by atoms with van der Waals surface area (Å²) in [7, 11) is -1.53. The van der Waals surface area contributed by atoms with Crippen molar-refractivity contribution in [2.45, 2.75) is 38.9 Å². The van der Waals surface area contributed by atoms with Crippen LogP contribution in [0.1, 0.15) is 36.2 Å². The van der Waals surface area contributed by atoms with Gasteiger partial charge >= 0.3 is 0 Å². The zero-order valence-corrected chi connectivity index (χ0v) is 21.4. The minimum atomic E-state index is -3.67. The van der Waals surface area contributed by atoms with E-state index < -0.39 is 28.0 Å². The molecule has 3 saturated heterocycles. The van der Waals surface area contributed by atoms with E-state index in [2.05, 4.69) is 16.8 Å². The van der Waals surface area contributed by atoms with Crippen LogP contribution in [0.15, 0.2) is 24.3 Å². The van der Waals surface area contributed by atoms with Crippen LogP contribution in [0.3, 0.4) is 0 Å². The van der Waals surface area contributed by atoms with Gasteiger partial charge in [0.1, 0.15) is 0 Å². The van der Waals surface area contributed by atoms with Gasteiger partial charge in [0.15, 0.2) is 0 Å². The largest absolute Gasteiger partial charge is 0.333 e. The summed E-state index contributed by atoms with van der Waals surface area (Å²) in [5.74, 6) is -1.06. The topological polar surface area (TPSA) is 81.2 Å². The van der Waals surface area contributed by atoms with Gasteiger partial charge in [-0.3, -0.25) is 14.5 Å². The van der Waals surface area contributed by atoms with Gasteiger partial charge in [0, 0.05) is 44.8 Å². The van der Waals surface area contributed by atoms with E-state index in [9.17, 15) is 18.0 Å². The fourth-order valence-electron chi connectivity index (χ4n) is 5.45. The van der Waals surface area contributed by atoms with Crippen LogP contribution < -0.4 is 0 Å². The van der Waals surface area contributed by atoms with Crippen molar-refractivity contribution < 1.29 is 18.0 Å². The molecule has 3 aliphatic heterocycles. The molecule has 0 N–H and O–H groups in total. The molecule has 3 aliphatic rings. The Morgan fingerprint density at radius 3 is 2.21 bits per heavy atom. The number of hydrogen-bond acceptors (Lipinski definition) is 6. The number of nitrogens with zero attached hydrogens (tertiary/aromatic N) is 4. The minimum absolute atomic E-state index is 0. The molecule has 10 heteroatoms. The number of carbonyl (C=O) groups is 2. The van der Waals surface area contributed by atoms with Crippen LogP contribution in [0, 0.1) is 11.8 Å². The van der Waals surface area contributed by atoms with Crippen molar-refractivity contribution in [1.29, 1.82) is 0 Å². The highest BCUT2D eigenvalue weighted by Gasteiger charge is 2.58. The maximum atomic E-state index is 13.4. The van der Waals surface area contributed by atoms with Gasteiger partial charge in [0.2, 0.25) is 15.9 Å². The second kappa shape index (κ2) is 9.90. The van der Waals surface area contributed by atoms with E-state index in [4.69, 9.17) is 0 Å². The van der Waals surface area contributed by atoms with Crippen LogP contribution in [-0.4, -0.2) is 97.3 Å². The molecule has 0 aliphatic carbocycles. The number of amides is 2. The summed E-state index contributed by atoms with van der Waals surface area (Å²) in [5, 5.41) is 0. The third-order valence-electron chi connectivity index (χ3n) is 7.13. The molecule has 0 saturated carbocycles. The fraction of sp³-hybridized carbons (Fsp3) is 0.652. The Morgan fingerprint density at radius 1 is 1.06 bits per heavy atom. The molecule has 0 aromatic heterocycles. The van der Waals surface area contributed by atoms with Crippen LogP contribution in [-0.2, 0) is 21.4 Å². The second-order valence-corrected chi connectivity index (χ2v) is 11.6. The Kier molecular flexibility index (Phi) is 7.78. The van der Waals surface area contributed by atoms with Gasteiger partial charge in [-0.25, -0.2) is 12.7 Å². The van der Waals surface area contributed by atoms with Crippen molar-refractivity contribution in [3.8, 4) is 0 Å². The summed E-state index contributed by atoms with van der Waals surface area (Å²) in [6, 6.07) is 6.84. The molecule has 0 bridgehead atoms. The first-order valence-corrected chi connectivity index (χ1v) is 13.3. The van der Waals surface area contributed by atoms with Crippen LogP contribution in [0.4, 0.5) is 0 Å². The van der Waals surface area contributed by atoms with Crippen LogP contribution in [0.5, 0.6) is 0 Å². The summed E-state index contributed by atoms with van der Waals surface area (Å²) in [6.45, 7) is 9.36. The third-order valence-corrected chi connectivity index (χ3v) is 8.30. The molecular weight excluding hydrogens is 464 g/mol. The number of hydrogen-bond donors (Lipinski definition) is 0. The van der Waals surface area contributed by atoms with Crippen molar-refractivity contribution in [2.75, 3.05) is 46.0 Å². The number of likely N-dealkylation sites (N-methyl/N-ethyl adjacent to an activating group) is 1. The highest BCUT2D eigenvalue weighted by atomic mass is 35.5. The maximum Gasteiger partial charge on any atom is 0.254 e. The van der Waals surface area contributed by atoms with E-state index >= 15 is 0 Å². The fourth-order valence-corrected chi connectivity index (χ4v) is 6.62. The highest BCUT2D eigenvalue weighted by Crippen LogP contribution is 2.41. The van der Waals surface area contributed by atoms with E-state index in [0.29, 0.717) is 18.5 Å². The molecule has 0 spiro atoms. The third kappa shape index (κ3) is 5.06. The summed E-state index contributed by atoms with van der Waals surface area (Å²) < 4.78 is 25.7. The predicted molar refractivity (Wildman–Crippen MR) is 130 cm³/mol. The molecule has 33 heavy (non-hydrogen) atoms. The summed E-state index contributed by atoms with van der Waals surface area (Å²) in [6.07, 6.45) is 1.56. The van der Waals surface area contributed by atoms with E-state index in [-0.39, 0.29) is 30.1 Å². The molecule has 3 heterocycles. The molecular formula is C23H35ClN4O4S. The van der Waals surface area contributed by atoms with Crippen molar-refractivity contribution in [3.05, 3.63) is 35.4 Å². The summed E-state index contributed by atoms with van der Waals surface area (Å²) >= 11 is 0. The Bertz CT molecular complexity index is 977. The average Bonchev–Trinajstić information content (AvgIpc) is 3.25.